The van der Waals surface area contributed by atoms with Crippen LogP contribution in [0.4, 0.5) is 0 Å². The molecule has 0 spiro atoms. The molecule has 0 saturated heterocycles. The molecule has 4 aromatic rings. The number of carbonyl (C=O) groups excluding carboxylic acids is 1. The average Bonchev–Trinajstić information content (AvgIpc) is 3.31. The maximum Gasteiger partial charge on any atom is 0.230 e. The zero-order chi connectivity index (χ0) is 20.0. The second kappa shape index (κ2) is 6.80. The maximum absolute atomic E-state index is 12.8. The van der Waals surface area contributed by atoms with E-state index in [1.54, 1.807) is 12.4 Å². The number of benzene rings is 1. The first-order valence-electron chi connectivity index (χ1n) is 9.54. The summed E-state index contributed by atoms with van der Waals surface area (Å²) in [6, 6.07) is 5.83. The van der Waals surface area contributed by atoms with E-state index in [1.165, 1.54) is 0 Å². The number of oxazole rings is 1. The van der Waals surface area contributed by atoms with Crippen molar-refractivity contribution in [1.82, 2.24) is 29.4 Å². The first-order chi connectivity index (χ1) is 14.0. The van der Waals surface area contributed by atoms with E-state index < -0.39 is 0 Å². The van der Waals surface area contributed by atoms with E-state index in [1.807, 2.05) is 43.1 Å². The van der Waals surface area contributed by atoms with Crippen molar-refractivity contribution >= 4 is 16.8 Å². The van der Waals surface area contributed by atoms with E-state index in [0.717, 1.165) is 34.5 Å². The van der Waals surface area contributed by atoms with Crippen molar-refractivity contribution in [2.24, 2.45) is 0 Å². The van der Waals surface area contributed by atoms with Crippen molar-refractivity contribution in [3.63, 3.8) is 0 Å². The van der Waals surface area contributed by atoms with Crippen molar-refractivity contribution in [3.8, 4) is 11.3 Å². The minimum absolute atomic E-state index is 0.0123. The largest absolute Gasteiger partial charge is 0.441 e. The highest BCUT2D eigenvalue weighted by atomic mass is 16.4. The molecule has 8 heteroatoms. The van der Waals surface area contributed by atoms with E-state index in [2.05, 4.69) is 24.5 Å². The van der Waals surface area contributed by atoms with Crippen LogP contribution < -0.4 is 0 Å². The van der Waals surface area contributed by atoms with E-state index in [4.69, 9.17) is 4.42 Å². The summed E-state index contributed by atoms with van der Waals surface area (Å²) < 4.78 is 7.71. The first-order valence-corrected chi connectivity index (χ1v) is 9.54. The highest BCUT2D eigenvalue weighted by molar-refractivity contribution is 5.83. The summed E-state index contributed by atoms with van der Waals surface area (Å²) in [7, 11) is 0. The van der Waals surface area contributed by atoms with Gasteiger partial charge in [-0.15, -0.1) is 0 Å². The average molecular weight is 388 g/mol. The fourth-order valence-corrected chi connectivity index (χ4v) is 3.65. The van der Waals surface area contributed by atoms with E-state index >= 15 is 0 Å². The zero-order valence-corrected chi connectivity index (χ0v) is 16.3. The van der Waals surface area contributed by atoms with Gasteiger partial charge in [-0.2, -0.15) is 0 Å². The fraction of sp³-hybridized carbons (Fsp3) is 0.286. The van der Waals surface area contributed by atoms with Crippen LogP contribution in [0.3, 0.4) is 0 Å². The summed E-state index contributed by atoms with van der Waals surface area (Å²) >= 11 is 0. The van der Waals surface area contributed by atoms with Gasteiger partial charge in [-0.3, -0.25) is 4.79 Å². The van der Waals surface area contributed by atoms with Crippen LogP contribution in [-0.4, -0.2) is 41.9 Å². The molecule has 0 fully saturated rings. The third kappa shape index (κ3) is 3.37. The Labute approximate surface area is 167 Å². The lowest BCUT2D eigenvalue weighted by Gasteiger charge is -2.27. The lowest BCUT2D eigenvalue weighted by molar-refractivity contribution is -0.132. The molecular weight excluding hydrogens is 368 g/mol. The van der Waals surface area contributed by atoms with Gasteiger partial charge >= 0.3 is 0 Å². The Kier molecular flexibility index (Phi) is 4.12. The van der Waals surface area contributed by atoms with Crippen LogP contribution in [0.5, 0.6) is 0 Å². The molecule has 1 aliphatic heterocycles. The molecule has 0 atom stereocenters. The molecule has 0 aliphatic carbocycles. The number of nitrogens with zero attached hydrogens (tertiary/aromatic N) is 6. The van der Waals surface area contributed by atoms with Gasteiger partial charge in [0.15, 0.2) is 11.7 Å². The maximum atomic E-state index is 12.8. The van der Waals surface area contributed by atoms with Gasteiger partial charge in [-0.25, -0.2) is 19.9 Å². The smallest absolute Gasteiger partial charge is 0.230 e. The number of hydrogen-bond acceptors (Lipinski definition) is 6. The number of hydrogen-bond donors (Lipinski definition) is 0. The highest BCUT2D eigenvalue weighted by Gasteiger charge is 2.22. The first kappa shape index (κ1) is 17.5. The number of fused-ring (bicyclic) bond motifs is 2. The Morgan fingerprint density at radius 2 is 2.03 bits per heavy atom. The molecule has 0 N–H and O–H groups in total. The van der Waals surface area contributed by atoms with Gasteiger partial charge < -0.3 is 13.9 Å². The van der Waals surface area contributed by atoms with Crippen LogP contribution in [0, 0.1) is 13.8 Å². The summed E-state index contributed by atoms with van der Waals surface area (Å²) in [5.41, 5.74) is 2.65. The Morgan fingerprint density at radius 1 is 1.14 bits per heavy atom. The van der Waals surface area contributed by atoms with Gasteiger partial charge in [-0.05, 0) is 13.0 Å². The Hall–Kier alpha value is -3.55. The molecule has 1 aliphatic rings. The normalized spacial score (nSPS) is 13.7. The topological polar surface area (TPSA) is 89.9 Å². The van der Waals surface area contributed by atoms with Gasteiger partial charge in [0.05, 0.1) is 30.4 Å². The van der Waals surface area contributed by atoms with Crippen LogP contribution in [0.1, 0.15) is 23.2 Å². The number of aryl methyl sites for hydroxylation is 2. The van der Waals surface area contributed by atoms with Crippen molar-refractivity contribution in [3.05, 3.63) is 60.0 Å². The number of aromatic nitrogens is 5. The minimum atomic E-state index is 0.0123. The summed E-state index contributed by atoms with van der Waals surface area (Å²) in [6.45, 7) is 5.74. The summed E-state index contributed by atoms with van der Waals surface area (Å²) in [4.78, 5) is 32.2. The van der Waals surface area contributed by atoms with Gasteiger partial charge in [0, 0.05) is 43.4 Å². The molecule has 8 nitrogen and oxygen atoms in total. The standard InChI is InChI=1S/C21H20N6O2/c1-13-11-26-5-6-27(12-20(26)24-13)21(28)8-19-23-9-16-4-3-15(7-17(16)25-19)18-10-22-14(2)29-18/h3-4,7,9-11H,5-6,8,12H2,1-2H3. The molecule has 1 amide bonds. The molecule has 1 aromatic carbocycles. The van der Waals surface area contributed by atoms with Crippen LogP contribution in [0.2, 0.25) is 0 Å². The molecule has 0 bridgehead atoms. The second-order valence-corrected chi connectivity index (χ2v) is 7.29. The van der Waals surface area contributed by atoms with Crippen molar-refractivity contribution in [2.45, 2.75) is 33.4 Å². The number of rotatable bonds is 3. The number of carbonyl (C=O) groups is 1. The Morgan fingerprint density at radius 3 is 2.86 bits per heavy atom. The predicted molar refractivity (Wildman–Crippen MR) is 106 cm³/mol. The van der Waals surface area contributed by atoms with Crippen molar-refractivity contribution < 1.29 is 9.21 Å². The van der Waals surface area contributed by atoms with Gasteiger partial charge in [0.2, 0.25) is 5.91 Å². The van der Waals surface area contributed by atoms with Crippen LogP contribution >= 0.6 is 0 Å². The minimum Gasteiger partial charge on any atom is -0.441 e. The molecule has 4 heterocycles. The third-order valence-electron chi connectivity index (χ3n) is 5.12. The summed E-state index contributed by atoms with van der Waals surface area (Å²) in [5.74, 6) is 2.76. The van der Waals surface area contributed by atoms with Gasteiger partial charge in [-0.1, -0.05) is 12.1 Å². The molecule has 0 unspecified atom stereocenters. The molecule has 0 radical (unpaired) electrons. The zero-order valence-electron chi connectivity index (χ0n) is 16.3. The van der Waals surface area contributed by atoms with E-state index in [9.17, 15) is 4.79 Å². The third-order valence-corrected chi connectivity index (χ3v) is 5.12. The lowest BCUT2D eigenvalue weighted by atomic mass is 10.1. The highest BCUT2D eigenvalue weighted by Crippen LogP contribution is 2.24. The number of amides is 1. The van der Waals surface area contributed by atoms with Crippen molar-refractivity contribution in [2.75, 3.05) is 6.54 Å². The van der Waals surface area contributed by atoms with E-state index in [-0.39, 0.29) is 12.3 Å². The van der Waals surface area contributed by atoms with E-state index in [0.29, 0.717) is 30.6 Å². The Bertz CT molecular complexity index is 1230. The van der Waals surface area contributed by atoms with Crippen LogP contribution in [0.25, 0.3) is 22.2 Å². The monoisotopic (exact) mass is 388 g/mol. The SMILES string of the molecule is Cc1cn2c(n1)CN(C(=O)Cc1ncc3ccc(-c4cnc(C)o4)cc3n1)CC2. The molecule has 29 heavy (non-hydrogen) atoms. The molecule has 3 aromatic heterocycles. The summed E-state index contributed by atoms with van der Waals surface area (Å²) in [5, 5.41) is 0.914. The van der Waals surface area contributed by atoms with Crippen LogP contribution in [0.15, 0.2) is 41.2 Å². The molecule has 5 rings (SSSR count). The predicted octanol–water partition coefficient (Wildman–Crippen LogP) is 2.68. The Balaban J connectivity index is 1.36. The molecule has 0 saturated carbocycles. The van der Waals surface area contributed by atoms with Crippen LogP contribution in [-0.2, 0) is 24.3 Å². The summed E-state index contributed by atoms with van der Waals surface area (Å²) in [6.07, 6.45) is 5.65. The van der Waals surface area contributed by atoms with Crippen molar-refractivity contribution in [1.29, 1.82) is 0 Å². The lowest BCUT2D eigenvalue weighted by Crippen LogP contribution is -2.39. The molecular formula is C21H20N6O2. The second-order valence-electron chi connectivity index (χ2n) is 7.29. The molecule has 146 valence electrons. The van der Waals surface area contributed by atoms with Gasteiger partial charge in [0.1, 0.15) is 11.6 Å². The van der Waals surface area contributed by atoms with Gasteiger partial charge in [0.25, 0.3) is 0 Å². The number of imidazole rings is 1. The fourth-order valence-electron chi connectivity index (χ4n) is 3.65. The quantitative estimate of drug-likeness (QED) is 0.536.